The third-order valence-electron chi connectivity index (χ3n) is 16.9. The van der Waals surface area contributed by atoms with Gasteiger partial charge in [-0.1, -0.05) is 152 Å². The van der Waals surface area contributed by atoms with Crippen molar-refractivity contribution in [3.8, 4) is 33.6 Å². The van der Waals surface area contributed by atoms with E-state index in [2.05, 4.69) is 234 Å². The van der Waals surface area contributed by atoms with Crippen molar-refractivity contribution in [1.29, 1.82) is 0 Å². The van der Waals surface area contributed by atoms with E-state index in [1.807, 2.05) is 28.7 Å². The number of aromatic nitrogens is 2. The van der Waals surface area contributed by atoms with Crippen LogP contribution in [0.5, 0.6) is 0 Å². The zero-order valence-electron chi connectivity index (χ0n) is 41.9. The van der Waals surface area contributed by atoms with Gasteiger partial charge in [0.25, 0.3) is 0 Å². The third kappa shape index (κ3) is 5.62. The molecule has 0 bridgehead atoms. The second-order valence-electron chi connectivity index (χ2n) is 21.0. The molecule has 0 saturated carbocycles. The van der Waals surface area contributed by atoms with Gasteiger partial charge in [-0.3, -0.25) is 0 Å². The minimum Gasteiger partial charge on any atom is -0.456 e. The lowest BCUT2D eigenvalue weighted by molar-refractivity contribution is 0.669. The van der Waals surface area contributed by atoms with E-state index in [1.165, 1.54) is 56.9 Å². The van der Waals surface area contributed by atoms with Crippen LogP contribution in [0.15, 0.2) is 244 Å². The number of benzene rings is 12. The Hall–Kier alpha value is -9.92. The normalized spacial score (nSPS) is 12.6. The molecule has 7 aromatic heterocycles. The van der Waals surface area contributed by atoms with Gasteiger partial charge in [-0.25, -0.2) is 0 Å². The van der Waals surface area contributed by atoms with E-state index in [-0.39, 0.29) is 0 Å². The summed E-state index contributed by atoms with van der Waals surface area (Å²) in [6.07, 6.45) is 0. The van der Waals surface area contributed by atoms with Gasteiger partial charge >= 0.3 is 0 Å². The van der Waals surface area contributed by atoms with Crippen LogP contribution in [0.3, 0.4) is 0 Å². The van der Waals surface area contributed by atoms with Gasteiger partial charge < -0.3 is 22.4 Å². The Balaban J connectivity index is 0.907. The Morgan fingerprint density at radius 2 is 0.759 bits per heavy atom. The zero-order chi connectivity index (χ0) is 51.2. The third-order valence-corrected chi connectivity index (χ3v) is 19.2. The Labute approximate surface area is 456 Å². The highest BCUT2D eigenvalue weighted by Gasteiger charge is 2.28. The highest BCUT2D eigenvalue weighted by molar-refractivity contribution is 7.27. The maximum Gasteiger partial charge on any atom is 0.146 e. The lowest BCUT2D eigenvalue weighted by Gasteiger charge is -2.11. The Morgan fingerprint density at radius 3 is 1.48 bits per heavy atom. The van der Waals surface area contributed by atoms with E-state index >= 15 is 0 Å². The number of fused-ring (bicyclic) bond motifs is 27. The van der Waals surface area contributed by atoms with E-state index in [0.29, 0.717) is 0 Å². The molecule has 0 aliphatic rings. The molecule has 12 aromatic carbocycles. The quantitative estimate of drug-likeness (QED) is 0.176. The molecule has 0 unspecified atom stereocenters. The van der Waals surface area contributed by atoms with Crippen molar-refractivity contribution < 1.29 is 13.3 Å². The van der Waals surface area contributed by atoms with Crippen molar-refractivity contribution in [2.24, 2.45) is 0 Å². The summed E-state index contributed by atoms with van der Waals surface area (Å²) in [5.41, 5.74) is 16.8. The van der Waals surface area contributed by atoms with Gasteiger partial charge in [0.15, 0.2) is 0 Å². The minimum absolute atomic E-state index is 0.876. The number of hydrogen-bond acceptors (Lipinski definition) is 5. The molecule has 79 heavy (non-hydrogen) atoms. The van der Waals surface area contributed by atoms with Crippen molar-refractivity contribution in [2.45, 2.75) is 0 Å². The highest BCUT2D eigenvalue weighted by atomic mass is 32.1. The van der Waals surface area contributed by atoms with Crippen LogP contribution in [-0.4, -0.2) is 9.13 Å². The molecule has 5 nitrogen and oxygen atoms in total. The van der Waals surface area contributed by atoms with Crippen LogP contribution >= 0.6 is 22.7 Å². The van der Waals surface area contributed by atoms with Gasteiger partial charge in [0.2, 0.25) is 0 Å². The number of furan rings is 3. The SMILES string of the molecule is c1ccc(-c2ccc(-n3c4cc(-c5ccc6sc7c(c6c5)c5c6ccccc6oc5c5c6ccccc6n(-c6ccc8oc9ccccc9c8c6)c75)ccc4c4c5oc6ccccc6c5c5c6ccccc6sc5c43)cc2)cc1. The predicted molar refractivity (Wildman–Crippen MR) is 334 cm³/mol. The van der Waals surface area contributed by atoms with Crippen LogP contribution < -0.4 is 0 Å². The fourth-order valence-electron chi connectivity index (χ4n) is 13.5. The van der Waals surface area contributed by atoms with E-state index < -0.39 is 0 Å². The van der Waals surface area contributed by atoms with Crippen molar-refractivity contribution in [1.82, 2.24) is 9.13 Å². The van der Waals surface area contributed by atoms with Crippen LogP contribution in [0, 0.1) is 0 Å². The van der Waals surface area contributed by atoms with E-state index in [0.717, 1.165) is 127 Å². The maximum absolute atomic E-state index is 7.11. The molecule has 0 aliphatic heterocycles. The fourth-order valence-corrected chi connectivity index (χ4v) is 16.0. The highest BCUT2D eigenvalue weighted by Crippen LogP contribution is 2.54. The Bertz CT molecular complexity index is 5860. The first-order chi connectivity index (χ1) is 39.2. The first-order valence-electron chi connectivity index (χ1n) is 26.7. The minimum atomic E-state index is 0.876. The molecule has 0 spiro atoms. The van der Waals surface area contributed by atoms with Crippen molar-refractivity contribution in [3.63, 3.8) is 0 Å². The number of nitrogens with zero attached hydrogens (tertiary/aromatic N) is 2. The molecule has 0 N–H and O–H groups in total. The van der Waals surface area contributed by atoms with Crippen LogP contribution in [-0.2, 0) is 0 Å². The van der Waals surface area contributed by atoms with Gasteiger partial charge in [0, 0.05) is 85.4 Å². The molecule has 19 aromatic rings. The summed E-state index contributed by atoms with van der Waals surface area (Å²) >= 11 is 3.75. The maximum atomic E-state index is 7.11. The van der Waals surface area contributed by atoms with Gasteiger partial charge in [-0.15, -0.1) is 22.7 Å². The van der Waals surface area contributed by atoms with Crippen molar-refractivity contribution >= 4 is 172 Å². The van der Waals surface area contributed by atoms with Gasteiger partial charge in [-0.05, 0) is 101 Å². The summed E-state index contributed by atoms with van der Waals surface area (Å²) in [6, 6.07) is 83.6. The molecule has 0 saturated heterocycles. The molecule has 7 heterocycles. The van der Waals surface area contributed by atoms with Crippen molar-refractivity contribution in [3.05, 3.63) is 231 Å². The molecule has 7 heteroatoms. The standard InChI is InChI=1S/C72H38N2O3S2/c1-2-14-39(15-3-1)40-26-30-43(31-27-40)73-54-37-42(28-33-47(54)66-67(73)71-63(50-20-8-13-25-59(50)78-71)61-48-18-6-11-23-56(48)76-69(61)66)41-29-35-60-52(36-41)64-62-49-19-7-12-24-57(49)77-70(62)65-46-17-4-9-21-53(46)74(68(65)72(64)79-60)44-32-34-58-51(38-44)45-16-5-10-22-55(45)75-58/h1-38H. The molecular formula is C72H38N2O3S2. The van der Waals surface area contributed by atoms with Crippen molar-refractivity contribution in [2.75, 3.05) is 0 Å². The van der Waals surface area contributed by atoms with Crippen LogP contribution in [0.4, 0.5) is 0 Å². The first-order valence-corrected chi connectivity index (χ1v) is 28.3. The first kappa shape index (κ1) is 42.2. The zero-order valence-corrected chi connectivity index (χ0v) is 43.5. The second kappa shape index (κ2) is 15.4. The summed E-state index contributed by atoms with van der Waals surface area (Å²) in [6.45, 7) is 0. The number of rotatable bonds is 4. The van der Waals surface area contributed by atoms with Gasteiger partial charge in [-0.2, -0.15) is 0 Å². The number of para-hydroxylation sites is 4. The molecule has 0 fully saturated rings. The summed E-state index contributed by atoms with van der Waals surface area (Å²) in [4.78, 5) is 0. The summed E-state index contributed by atoms with van der Waals surface area (Å²) in [5.74, 6) is 0. The van der Waals surface area contributed by atoms with Crippen LogP contribution in [0.2, 0.25) is 0 Å². The fraction of sp³-hybridized carbons (Fsp3) is 0. The van der Waals surface area contributed by atoms with E-state index in [9.17, 15) is 0 Å². The molecular weight excluding hydrogens is 1000 g/mol. The molecule has 0 amide bonds. The second-order valence-corrected chi connectivity index (χ2v) is 23.1. The molecule has 19 rings (SSSR count). The summed E-state index contributed by atoms with van der Waals surface area (Å²) < 4.78 is 30.5. The van der Waals surface area contributed by atoms with Gasteiger partial charge in [0.1, 0.15) is 33.5 Å². The average molecular weight is 1040 g/mol. The lowest BCUT2D eigenvalue weighted by Crippen LogP contribution is -1.94. The number of thiophene rings is 2. The smallest absolute Gasteiger partial charge is 0.146 e. The molecule has 0 atom stereocenters. The Morgan fingerprint density at radius 1 is 0.266 bits per heavy atom. The summed E-state index contributed by atoms with van der Waals surface area (Å²) in [7, 11) is 0. The number of hydrogen-bond donors (Lipinski definition) is 0. The van der Waals surface area contributed by atoms with Crippen LogP contribution in [0.1, 0.15) is 0 Å². The lowest BCUT2D eigenvalue weighted by atomic mass is 9.98. The van der Waals surface area contributed by atoms with E-state index in [4.69, 9.17) is 13.3 Å². The largest absolute Gasteiger partial charge is 0.456 e. The Kier molecular flexibility index (Phi) is 8.23. The topological polar surface area (TPSA) is 49.3 Å². The summed E-state index contributed by atoms with van der Waals surface area (Å²) in [5, 5.41) is 16.3. The predicted octanol–water partition coefficient (Wildman–Crippen LogP) is 21.6. The molecule has 366 valence electrons. The van der Waals surface area contributed by atoms with Gasteiger partial charge in [0.05, 0.1) is 42.2 Å². The average Bonchev–Trinajstić information content (AvgIpc) is 2.91. The molecule has 0 aliphatic carbocycles. The van der Waals surface area contributed by atoms with Crippen LogP contribution in [0.25, 0.3) is 183 Å². The monoisotopic (exact) mass is 1040 g/mol. The van der Waals surface area contributed by atoms with E-state index in [1.54, 1.807) is 0 Å². The molecule has 0 radical (unpaired) electrons.